The quantitative estimate of drug-likeness (QED) is 0.291. The van der Waals surface area contributed by atoms with Crippen molar-refractivity contribution in [2.24, 2.45) is 0 Å². The van der Waals surface area contributed by atoms with Crippen molar-refractivity contribution in [3.63, 3.8) is 0 Å². The first-order valence-electron chi connectivity index (χ1n) is 14.4. The molecule has 0 aromatic heterocycles. The van der Waals surface area contributed by atoms with Gasteiger partial charge in [0.2, 0.25) is 0 Å². The number of rotatable bonds is 10. The van der Waals surface area contributed by atoms with Crippen molar-refractivity contribution in [1.29, 1.82) is 0 Å². The normalized spacial score (nSPS) is 22.5. The summed E-state index contributed by atoms with van der Waals surface area (Å²) < 4.78 is 5.98. The Labute approximate surface area is 223 Å². The van der Waals surface area contributed by atoms with Gasteiger partial charge in [-0.1, -0.05) is 80.3 Å². The van der Waals surface area contributed by atoms with Gasteiger partial charge in [0.15, 0.2) is 0 Å². The molecule has 0 amide bonds. The van der Waals surface area contributed by atoms with Crippen LogP contribution in [0.4, 0.5) is 0 Å². The first kappa shape index (κ1) is 27.5. The van der Waals surface area contributed by atoms with Gasteiger partial charge in [0.25, 0.3) is 0 Å². The molecule has 1 nitrogen and oxygen atoms in total. The van der Waals surface area contributed by atoms with E-state index >= 15 is 0 Å². The largest absolute Gasteiger partial charge is 0.376 e. The van der Waals surface area contributed by atoms with Gasteiger partial charge in [-0.25, -0.2) is 10.0 Å². The molecule has 2 aromatic rings. The Morgan fingerprint density at radius 3 is 2.17 bits per heavy atom. The molecule has 4 rings (SSSR count). The number of benzene rings is 2. The van der Waals surface area contributed by atoms with Crippen LogP contribution in [0.3, 0.4) is 0 Å². The fourth-order valence-corrected chi connectivity index (χ4v) is 10.4. The molecule has 0 fully saturated rings. The number of hydrogen-bond donors (Lipinski definition) is 0. The van der Waals surface area contributed by atoms with E-state index in [1.165, 1.54) is 44.9 Å². The highest BCUT2D eigenvalue weighted by molar-refractivity contribution is 8.40. The van der Waals surface area contributed by atoms with Gasteiger partial charge in [-0.2, -0.15) is 0 Å². The predicted octanol–water partition coefficient (Wildman–Crippen LogP) is 10.4. The van der Waals surface area contributed by atoms with Gasteiger partial charge in [-0.05, 0) is 111 Å². The van der Waals surface area contributed by atoms with Crippen molar-refractivity contribution in [3.8, 4) is 0 Å². The molecule has 0 saturated heterocycles. The van der Waals surface area contributed by atoms with Crippen LogP contribution in [-0.4, -0.2) is 24.7 Å². The molecule has 2 aliphatic rings. The average Bonchev–Trinajstić information content (AvgIpc) is 3.21. The summed E-state index contributed by atoms with van der Waals surface area (Å²) in [5, 5.41) is 0.666. The summed E-state index contributed by atoms with van der Waals surface area (Å²) in [4.78, 5) is 1.71. The van der Waals surface area contributed by atoms with Gasteiger partial charge in [-0.15, -0.1) is 0 Å². The lowest BCUT2D eigenvalue weighted by Gasteiger charge is -2.45. The van der Waals surface area contributed by atoms with Gasteiger partial charge < -0.3 is 4.74 Å². The lowest BCUT2D eigenvalue weighted by atomic mass is 9.80. The van der Waals surface area contributed by atoms with Crippen LogP contribution >= 0.6 is 10.0 Å². The van der Waals surface area contributed by atoms with E-state index in [4.69, 9.17) is 4.74 Å². The Kier molecular flexibility index (Phi) is 8.78. The summed E-state index contributed by atoms with van der Waals surface area (Å²) in [6.45, 7) is 12.1. The van der Waals surface area contributed by atoms with Crippen LogP contribution < -0.4 is 0 Å². The number of allylic oxidation sites excluding steroid dienone is 1. The zero-order valence-electron chi connectivity index (χ0n) is 24.0. The first-order valence-corrected chi connectivity index (χ1v) is 16.9. The summed E-state index contributed by atoms with van der Waals surface area (Å²) in [6, 6.07) is 18.8. The topological polar surface area (TPSA) is 9.23 Å². The minimum atomic E-state index is -1.00. The smallest absolute Gasteiger partial charge is 0.0598 e. The SMILES string of the molecule is CCCCC1CC(S(C)(C)C2=C(C)CC(CCCCOC(C)(C)C)c3ccccc32)c2ccccc21. The van der Waals surface area contributed by atoms with Crippen LogP contribution in [-0.2, 0) is 4.74 Å². The minimum absolute atomic E-state index is 0.0333. The Bertz CT molecular complexity index is 1060. The second kappa shape index (κ2) is 11.5. The van der Waals surface area contributed by atoms with Crippen molar-refractivity contribution in [3.05, 3.63) is 76.4 Å². The maximum absolute atomic E-state index is 5.98. The summed E-state index contributed by atoms with van der Waals surface area (Å²) in [6.07, 6.45) is 15.4. The highest BCUT2D eigenvalue weighted by Crippen LogP contribution is 2.71. The zero-order valence-corrected chi connectivity index (χ0v) is 24.8. The van der Waals surface area contributed by atoms with Crippen LogP contribution in [0.15, 0.2) is 54.1 Å². The Balaban J connectivity index is 1.57. The third-order valence-electron chi connectivity index (χ3n) is 8.49. The third-order valence-corrected chi connectivity index (χ3v) is 12.0. The molecule has 0 bridgehead atoms. The van der Waals surface area contributed by atoms with Crippen molar-refractivity contribution in [1.82, 2.24) is 0 Å². The standard InChI is InChI=1S/C34H50OS/c1-8-9-16-27-24-32(30-20-12-10-18-28(27)30)36(6,7)33-25(2)23-26(29-19-11-13-21-31(29)33)17-14-15-22-35-34(3,4)5/h10-13,18-21,26-27,32H,8-9,14-17,22-24H2,1-7H3. The monoisotopic (exact) mass is 506 g/mol. The summed E-state index contributed by atoms with van der Waals surface area (Å²) >= 11 is 0. The number of ether oxygens (including phenoxy) is 1. The lowest BCUT2D eigenvalue weighted by molar-refractivity contribution is -0.00484. The number of unbranched alkanes of at least 4 members (excludes halogenated alkanes) is 2. The summed E-state index contributed by atoms with van der Waals surface area (Å²) in [5.41, 5.74) is 8.08. The van der Waals surface area contributed by atoms with E-state index in [0.29, 0.717) is 11.2 Å². The van der Waals surface area contributed by atoms with Crippen LogP contribution in [0, 0.1) is 0 Å². The highest BCUT2D eigenvalue weighted by atomic mass is 32.3. The van der Waals surface area contributed by atoms with Gasteiger partial charge in [0.1, 0.15) is 0 Å². The summed E-state index contributed by atoms with van der Waals surface area (Å²) in [7, 11) is -1.00. The molecule has 0 spiro atoms. The number of fused-ring (bicyclic) bond motifs is 2. The molecule has 2 aromatic carbocycles. The molecule has 3 unspecified atom stereocenters. The molecule has 198 valence electrons. The molecule has 0 aliphatic heterocycles. The van der Waals surface area contributed by atoms with Crippen molar-refractivity contribution >= 4 is 14.9 Å². The van der Waals surface area contributed by atoms with E-state index in [9.17, 15) is 0 Å². The van der Waals surface area contributed by atoms with Crippen LogP contribution in [0.2, 0.25) is 0 Å². The second-order valence-electron chi connectivity index (χ2n) is 12.7. The third kappa shape index (κ3) is 5.97. The van der Waals surface area contributed by atoms with E-state index in [1.807, 2.05) is 0 Å². The van der Waals surface area contributed by atoms with Gasteiger partial charge in [0, 0.05) is 11.9 Å². The van der Waals surface area contributed by atoms with Crippen molar-refractivity contribution < 1.29 is 4.74 Å². The molecule has 0 saturated carbocycles. The Morgan fingerprint density at radius 1 is 0.833 bits per heavy atom. The van der Waals surface area contributed by atoms with Gasteiger partial charge >= 0.3 is 0 Å². The van der Waals surface area contributed by atoms with Crippen LogP contribution in [0.25, 0.3) is 4.91 Å². The fourth-order valence-electron chi connectivity index (χ4n) is 6.84. The molecule has 0 heterocycles. The van der Waals surface area contributed by atoms with E-state index in [2.05, 4.69) is 95.7 Å². The average molecular weight is 507 g/mol. The highest BCUT2D eigenvalue weighted by Gasteiger charge is 2.41. The molecule has 36 heavy (non-hydrogen) atoms. The Morgan fingerprint density at radius 2 is 1.47 bits per heavy atom. The van der Waals surface area contributed by atoms with E-state index in [0.717, 1.165) is 18.9 Å². The van der Waals surface area contributed by atoms with Gasteiger partial charge in [-0.3, -0.25) is 0 Å². The molecular formula is C34H50OS. The molecular weight excluding hydrogens is 456 g/mol. The minimum Gasteiger partial charge on any atom is -0.376 e. The zero-order chi connectivity index (χ0) is 25.9. The van der Waals surface area contributed by atoms with Gasteiger partial charge in [0.05, 0.1) is 5.60 Å². The van der Waals surface area contributed by atoms with Crippen molar-refractivity contribution in [2.45, 2.75) is 109 Å². The Hall–Kier alpha value is -1.51. The van der Waals surface area contributed by atoms with E-state index < -0.39 is 10.0 Å². The number of hydrogen-bond acceptors (Lipinski definition) is 1. The molecule has 0 radical (unpaired) electrons. The maximum Gasteiger partial charge on any atom is 0.0598 e. The molecule has 2 heteroatoms. The molecule has 3 atom stereocenters. The first-order chi connectivity index (χ1) is 17.1. The summed E-state index contributed by atoms with van der Waals surface area (Å²) in [5.74, 6) is 1.38. The molecule has 0 N–H and O–H groups in total. The molecule has 2 aliphatic carbocycles. The van der Waals surface area contributed by atoms with Crippen LogP contribution in [0.5, 0.6) is 0 Å². The maximum atomic E-state index is 5.98. The van der Waals surface area contributed by atoms with Crippen LogP contribution in [0.1, 0.15) is 125 Å². The fraction of sp³-hybridized carbons (Fsp3) is 0.588. The predicted molar refractivity (Wildman–Crippen MR) is 161 cm³/mol. The lowest BCUT2D eigenvalue weighted by Crippen LogP contribution is -2.20. The van der Waals surface area contributed by atoms with E-state index in [1.54, 1.807) is 32.7 Å². The second-order valence-corrected chi connectivity index (χ2v) is 16.4. The van der Waals surface area contributed by atoms with Crippen molar-refractivity contribution in [2.75, 3.05) is 19.1 Å². The van der Waals surface area contributed by atoms with E-state index in [-0.39, 0.29) is 5.60 Å².